The lowest BCUT2D eigenvalue weighted by Gasteiger charge is -2.27. The fraction of sp³-hybridized carbons (Fsp3) is 0.500. The van der Waals surface area contributed by atoms with Crippen LogP contribution in [0.3, 0.4) is 0 Å². The summed E-state index contributed by atoms with van der Waals surface area (Å²) in [7, 11) is 0. The Balaban J connectivity index is 2.08. The van der Waals surface area contributed by atoms with Crippen LogP contribution < -0.4 is 4.74 Å². The van der Waals surface area contributed by atoms with Gasteiger partial charge in [-0.3, -0.25) is 9.59 Å². The Labute approximate surface area is 168 Å². The summed E-state index contributed by atoms with van der Waals surface area (Å²) < 4.78 is 11.2. The summed E-state index contributed by atoms with van der Waals surface area (Å²) in [6, 6.07) is 13.3. The van der Waals surface area contributed by atoms with E-state index in [4.69, 9.17) is 9.47 Å². The van der Waals surface area contributed by atoms with E-state index in [-0.39, 0.29) is 0 Å². The smallest absolute Gasteiger partial charge is 0.328 e. The Hall–Kier alpha value is -2.36. The third-order valence-corrected chi connectivity index (χ3v) is 5.42. The van der Waals surface area contributed by atoms with Crippen LogP contribution in [0.5, 0.6) is 5.75 Å². The van der Waals surface area contributed by atoms with Crippen LogP contribution >= 0.6 is 0 Å². The minimum absolute atomic E-state index is 0.349. The van der Waals surface area contributed by atoms with E-state index in [2.05, 4.69) is 6.92 Å². The van der Waals surface area contributed by atoms with Crippen LogP contribution in [-0.2, 0) is 14.3 Å². The summed E-state index contributed by atoms with van der Waals surface area (Å²) in [4.78, 5) is 25.8. The lowest BCUT2D eigenvalue weighted by molar-refractivity contribution is -0.168. The molecule has 4 heteroatoms. The largest absolute Gasteiger partial charge is 0.465 e. The van der Waals surface area contributed by atoms with Crippen LogP contribution in [0.4, 0.5) is 0 Å². The van der Waals surface area contributed by atoms with Gasteiger partial charge in [0.2, 0.25) is 0 Å². The molecule has 2 rings (SSSR count). The molecule has 0 amide bonds. The van der Waals surface area contributed by atoms with Gasteiger partial charge in [0, 0.05) is 5.39 Å². The first-order valence-corrected chi connectivity index (χ1v) is 10.5. The maximum atomic E-state index is 13.0. The summed E-state index contributed by atoms with van der Waals surface area (Å²) in [6.45, 7) is 6.18. The van der Waals surface area contributed by atoms with Crippen LogP contribution in [0.15, 0.2) is 42.5 Å². The molecule has 152 valence electrons. The van der Waals surface area contributed by atoms with Crippen molar-refractivity contribution in [1.29, 1.82) is 0 Å². The summed E-state index contributed by atoms with van der Waals surface area (Å²) in [6.07, 6.45) is 6.07. The number of esters is 2. The Morgan fingerprint density at radius 1 is 0.821 bits per heavy atom. The molecular formula is C24H32O4. The third kappa shape index (κ3) is 5.12. The molecule has 0 bridgehead atoms. The lowest BCUT2D eigenvalue weighted by Crippen LogP contribution is -2.42. The molecule has 28 heavy (non-hydrogen) atoms. The fourth-order valence-electron chi connectivity index (χ4n) is 3.40. The monoisotopic (exact) mass is 384 g/mol. The highest BCUT2D eigenvalue weighted by atomic mass is 16.6. The average molecular weight is 385 g/mol. The van der Waals surface area contributed by atoms with Gasteiger partial charge in [0.25, 0.3) is 0 Å². The van der Waals surface area contributed by atoms with Gasteiger partial charge in [-0.05, 0) is 30.7 Å². The van der Waals surface area contributed by atoms with E-state index in [0.29, 0.717) is 25.2 Å². The first-order chi connectivity index (χ1) is 13.6. The van der Waals surface area contributed by atoms with Gasteiger partial charge in [0.15, 0.2) is 5.41 Å². The minimum atomic E-state index is -1.26. The van der Waals surface area contributed by atoms with E-state index < -0.39 is 17.4 Å². The molecule has 0 radical (unpaired) electrons. The molecule has 0 aromatic heterocycles. The first-order valence-electron chi connectivity index (χ1n) is 10.5. The van der Waals surface area contributed by atoms with Gasteiger partial charge in [-0.15, -0.1) is 0 Å². The van der Waals surface area contributed by atoms with Gasteiger partial charge < -0.3 is 9.47 Å². The Morgan fingerprint density at radius 3 is 2.21 bits per heavy atom. The quantitative estimate of drug-likeness (QED) is 0.204. The van der Waals surface area contributed by atoms with E-state index >= 15 is 0 Å². The van der Waals surface area contributed by atoms with Crippen molar-refractivity contribution in [2.24, 2.45) is 5.41 Å². The molecule has 2 aromatic rings. The number of ether oxygens (including phenoxy) is 2. The zero-order valence-electron chi connectivity index (χ0n) is 17.3. The van der Waals surface area contributed by atoms with E-state index in [1.807, 2.05) is 50.2 Å². The van der Waals surface area contributed by atoms with E-state index in [1.165, 1.54) is 12.8 Å². The van der Waals surface area contributed by atoms with Gasteiger partial charge in [-0.25, -0.2) is 0 Å². The molecule has 0 aliphatic heterocycles. The highest BCUT2D eigenvalue weighted by Gasteiger charge is 2.46. The van der Waals surface area contributed by atoms with Crippen LogP contribution in [0, 0.1) is 5.41 Å². The molecule has 0 fully saturated rings. The molecular weight excluding hydrogens is 352 g/mol. The van der Waals surface area contributed by atoms with Gasteiger partial charge in [0.1, 0.15) is 5.75 Å². The van der Waals surface area contributed by atoms with Crippen LogP contribution in [0.2, 0.25) is 0 Å². The van der Waals surface area contributed by atoms with Crippen LogP contribution in [-0.4, -0.2) is 18.5 Å². The van der Waals surface area contributed by atoms with E-state index in [1.54, 1.807) is 6.07 Å². The van der Waals surface area contributed by atoms with Gasteiger partial charge in [-0.2, -0.15) is 0 Å². The molecule has 0 aliphatic rings. The van der Waals surface area contributed by atoms with Crippen LogP contribution in [0.25, 0.3) is 10.8 Å². The predicted molar refractivity (Wildman–Crippen MR) is 112 cm³/mol. The third-order valence-electron chi connectivity index (χ3n) is 5.42. The normalized spacial score (nSPS) is 11.4. The van der Waals surface area contributed by atoms with Crippen molar-refractivity contribution in [3.8, 4) is 5.75 Å². The van der Waals surface area contributed by atoms with Crippen molar-refractivity contribution in [1.82, 2.24) is 0 Å². The van der Waals surface area contributed by atoms with E-state index in [0.717, 1.165) is 30.0 Å². The molecule has 4 nitrogen and oxygen atoms in total. The maximum absolute atomic E-state index is 13.0. The second-order valence-corrected chi connectivity index (χ2v) is 7.21. The van der Waals surface area contributed by atoms with E-state index in [9.17, 15) is 9.59 Å². The number of hydrogen-bond acceptors (Lipinski definition) is 4. The number of benzene rings is 2. The number of carbonyl (C=O) groups excluding carboxylic acids is 2. The second kappa shape index (κ2) is 10.8. The van der Waals surface area contributed by atoms with Crippen molar-refractivity contribution in [2.75, 3.05) is 6.61 Å². The van der Waals surface area contributed by atoms with Gasteiger partial charge in [-0.1, -0.05) is 82.9 Å². The number of hydrogen-bond donors (Lipinski definition) is 0. The maximum Gasteiger partial charge on any atom is 0.328 e. The molecule has 0 N–H and O–H groups in total. The second-order valence-electron chi connectivity index (χ2n) is 7.21. The summed E-state index contributed by atoms with van der Waals surface area (Å²) >= 11 is 0. The van der Waals surface area contributed by atoms with Crippen molar-refractivity contribution in [2.45, 2.75) is 65.7 Å². The summed E-state index contributed by atoms with van der Waals surface area (Å²) in [5.41, 5.74) is -1.26. The molecule has 0 aliphatic carbocycles. The average Bonchev–Trinajstić information content (AvgIpc) is 2.72. The lowest BCUT2D eigenvalue weighted by atomic mass is 9.82. The Morgan fingerprint density at radius 2 is 1.50 bits per heavy atom. The highest BCUT2D eigenvalue weighted by Crippen LogP contribution is 2.33. The standard InChI is InChI=1S/C24H32O4/c1-4-7-8-9-12-18-27-22(25)24(5-2,6-3)23(26)28-21-17-13-15-19-14-10-11-16-20(19)21/h10-11,13-17H,4-9,12,18H2,1-3H3. The van der Waals surface area contributed by atoms with Crippen LogP contribution in [0.1, 0.15) is 65.7 Å². The summed E-state index contributed by atoms with van der Waals surface area (Å²) in [5.74, 6) is -0.537. The molecule has 0 saturated carbocycles. The SMILES string of the molecule is CCCCCCCOC(=O)C(CC)(CC)C(=O)Oc1cccc2ccccc12. The zero-order chi connectivity index (χ0) is 20.4. The number of carbonyl (C=O) groups is 2. The Kier molecular flexibility index (Phi) is 8.49. The van der Waals surface area contributed by atoms with Crippen molar-refractivity contribution >= 4 is 22.7 Å². The van der Waals surface area contributed by atoms with Crippen molar-refractivity contribution in [3.63, 3.8) is 0 Å². The topological polar surface area (TPSA) is 52.6 Å². The predicted octanol–water partition coefficient (Wildman–Crippen LogP) is 6.07. The minimum Gasteiger partial charge on any atom is -0.465 e. The van der Waals surface area contributed by atoms with Crippen molar-refractivity contribution in [3.05, 3.63) is 42.5 Å². The molecule has 2 aromatic carbocycles. The molecule has 0 spiro atoms. The fourth-order valence-corrected chi connectivity index (χ4v) is 3.40. The van der Waals surface area contributed by atoms with Crippen molar-refractivity contribution < 1.29 is 19.1 Å². The van der Waals surface area contributed by atoms with Gasteiger partial charge >= 0.3 is 11.9 Å². The summed E-state index contributed by atoms with van der Waals surface area (Å²) in [5, 5.41) is 1.84. The first kappa shape index (κ1) is 21.9. The number of unbranched alkanes of at least 4 members (excludes halogenated alkanes) is 4. The zero-order valence-corrected chi connectivity index (χ0v) is 17.3. The molecule has 0 heterocycles. The highest BCUT2D eigenvalue weighted by molar-refractivity contribution is 6.02. The molecule has 0 atom stereocenters. The number of fused-ring (bicyclic) bond motifs is 1. The van der Waals surface area contributed by atoms with Gasteiger partial charge in [0.05, 0.1) is 6.61 Å². The molecule has 0 saturated heterocycles. The molecule has 0 unspecified atom stereocenters. The number of rotatable bonds is 11. The Bertz CT molecular complexity index is 772.